The number of rotatable bonds is 2. The van der Waals surface area contributed by atoms with Crippen molar-refractivity contribution in [3.05, 3.63) is 35.5 Å². The predicted molar refractivity (Wildman–Crippen MR) is 68.0 cm³/mol. The first-order valence-electron chi connectivity index (χ1n) is 5.74. The van der Waals surface area contributed by atoms with Crippen LogP contribution in [0.4, 0.5) is 19.0 Å². The summed E-state index contributed by atoms with van der Waals surface area (Å²) >= 11 is 0. The molecule has 0 aliphatic carbocycles. The van der Waals surface area contributed by atoms with E-state index >= 15 is 0 Å². The number of hydrogen-bond donors (Lipinski definition) is 1. The molecule has 2 rings (SSSR count). The van der Waals surface area contributed by atoms with E-state index in [1.54, 1.807) is 19.9 Å². The number of nitrogens with zero attached hydrogens (tertiary/aromatic N) is 2. The molecule has 0 atom stereocenters. The Hall–Kier alpha value is -2.31. The lowest BCUT2D eigenvalue weighted by atomic mass is 10.1. The highest BCUT2D eigenvalue weighted by Crippen LogP contribution is 2.32. The maximum atomic E-state index is 12.4. The van der Waals surface area contributed by atoms with Gasteiger partial charge in [-0.1, -0.05) is 12.1 Å². The highest BCUT2D eigenvalue weighted by molar-refractivity contribution is 5.66. The number of ether oxygens (including phenoxy) is 1. The molecule has 0 aliphatic heterocycles. The van der Waals surface area contributed by atoms with Crippen LogP contribution >= 0.6 is 0 Å². The van der Waals surface area contributed by atoms with Gasteiger partial charge in [-0.15, -0.1) is 13.2 Å². The van der Waals surface area contributed by atoms with Gasteiger partial charge in [0, 0.05) is 11.3 Å². The highest BCUT2D eigenvalue weighted by atomic mass is 19.4. The third kappa shape index (κ3) is 2.98. The molecule has 2 N–H and O–H groups in total. The second-order valence-electron chi connectivity index (χ2n) is 4.19. The fourth-order valence-corrected chi connectivity index (χ4v) is 1.64. The number of alkyl halides is 3. The maximum absolute atomic E-state index is 12.4. The van der Waals surface area contributed by atoms with Crippen LogP contribution in [0.3, 0.4) is 0 Å². The van der Waals surface area contributed by atoms with E-state index in [9.17, 15) is 13.2 Å². The summed E-state index contributed by atoms with van der Waals surface area (Å²) in [7, 11) is 0. The van der Waals surface area contributed by atoms with Crippen LogP contribution in [0.25, 0.3) is 11.4 Å². The van der Waals surface area contributed by atoms with Crippen LogP contribution in [-0.4, -0.2) is 16.3 Å². The first-order chi connectivity index (χ1) is 9.28. The standard InChI is InChI=1S/C13H12F3N3O/c1-7-8(2)18-12(19-11(7)17)9-5-3-4-6-10(9)20-13(14,15)16/h3-6H,1-2H3,(H2,17,18,19). The zero-order chi connectivity index (χ0) is 14.9. The molecule has 0 unspecified atom stereocenters. The van der Waals surface area contributed by atoms with Gasteiger partial charge in [-0.3, -0.25) is 0 Å². The van der Waals surface area contributed by atoms with Gasteiger partial charge in [0.15, 0.2) is 5.82 Å². The Labute approximate surface area is 113 Å². The largest absolute Gasteiger partial charge is 0.573 e. The predicted octanol–water partition coefficient (Wildman–Crippen LogP) is 3.24. The Morgan fingerprint density at radius 2 is 1.75 bits per heavy atom. The van der Waals surface area contributed by atoms with Crippen molar-refractivity contribution in [1.29, 1.82) is 0 Å². The van der Waals surface area contributed by atoms with Crippen LogP contribution in [0.15, 0.2) is 24.3 Å². The first-order valence-corrected chi connectivity index (χ1v) is 5.74. The van der Waals surface area contributed by atoms with E-state index in [1.807, 2.05) is 0 Å². The molecule has 106 valence electrons. The van der Waals surface area contributed by atoms with Gasteiger partial charge in [0.1, 0.15) is 11.6 Å². The van der Waals surface area contributed by atoms with Gasteiger partial charge in [0.25, 0.3) is 0 Å². The summed E-state index contributed by atoms with van der Waals surface area (Å²) in [6, 6.07) is 5.67. The Morgan fingerprint density at radius 3 is 2.35 bits per heavy atom. The van der Waals surface area contributed by atoms with E-state index in [1.165, 1.54) is 18.2 Å². The zero-order valence-electron chi connectivity index (χ0n) is 10.8. The summed E-state index contributed by atoms with van der Waals surface area (Å²) in [4.78, 5) is 8.17. The molecule has 0 saturated carbocycles. The lowest BCUT2D eigenvalue weighted by Gasteiger charge is -2.13. The molecule has 0 amide bonds. The highest BCUT2D eigenvalue weighted by Gasteiger charge is 2.32. The Kier molecular flexibility index (Phi) is 3.52. The summed E-state index contributed by atoms with van der Waals surface area (Å²) in [5.41, 5.74) is 7.16. The van der Waals surface area contributed by atoms with Gasteiger partial charge >= 0.3 is 6.36 Å². The molecule has 0 radical (unpaired) electrons. The second kappa shape index (κ2) is 4.99. The zero-order valence-corrected chi connectivity index (χ0v) is 10.8. The number of halogens is 3. The van der Waals surface area contributed by atoms with Gasteiger partial charge in [0.2, 0.25) is 0 Å². The third-order valence-corrected chi connectivity index (χ3v) is 2.78. The van der Waals surface area contributed by atoms with E-state index in [0.29, 0.717) is 11.3 Å². The number of benzene rings is 1. The van der Waals surface area contributed by atoms with E-state index in [2.05, 4.69) is 14.7 Å². The summed E-state index contributed by atoms with van der Waals surface area (Å²) in [5, 5.41) is 0. The number of nitrogen functional groups attached to an aromatic ring is 1. The molecule has 0 bridgehead atoms. The average molecular weight is 283 g/mol. The van der Waals surface area contributed by atoms with Crippen molar-refractivity contribution in [1.82, 2.24) is 9.97 Å². The quantitative estimate of drug-likeness (QED) is 0.919. The Bertz CT molecular complexity index is 618. The molecule has 4 nitrogen and oxygen atoms in total. The normalized spacial score (nSPS) is 11.4. The number of hydrogen-bond acceptors (Lipinski definition) is 4. The van der Waals surface area contributed by atoms with E-state index in [-0.39, 0.29) is 23.0 Å². The molecular formula is C13H12F3N3O. The van der Waals surface area contributed by atoms with Crippen molar-refractivity contribution in [3.8, 4) is 17.1 Å². The van der Waals surface area contributed by atoms with Crippen LogP contribution < -0.4 is 10.5 Å². The maximum Gasteiger partial charge on any atom is 0.573 e. The smallest absolute Gasteiger partial charge is 0.405 e. The minimum Gasteiger partial charge on any atom is -0.405 e. The van der Waals surface area contributed by atoms with Crippen molar-refractivity contribution in [2.75, 3.05) is 5.73 Å². The Morgan fingerprint density at radius 1 is 1.10 bits per heavy atom. The minimum atomic E-state index is -4.78. The molecule has 0 aliphatic rings. The third-order valence-electron chi connectivity index (χ3n) is 2.78. The molecule has 2 aromatic rings. The van der Waals surface area contributed by atoms with Gasteiger partial charge in [0.05, 0.1) is 5.56 Å². The van der Waals surface area contributed by atoms with Crippen LogP contribution in [0.2, 0.25) is 0 Å². The summed E-state index contributed by atoms with van der Waals surface area (Å²) < 4.78 is 41.1. The monoisotopic (exact) mass is 283 g/mol. The van der Waals surface area contributed by atoms with Crippen molar-refractivity contribution >= 4 is 5.82 Å². The average Bonchev–Trinajstić information content (AvgIpc) is 2.34. The number of para-hydroxylation sites is 1. The van der Waals surface area contributed by atoms with E-state index in [4.69, 9.17) is 5.73 Å². The van der Waals surface area contributed by atoms with Crippen molar-refractivity contribution < 1.29 is 17.9 Å². The van der Waals surface area contributed by atoms with Gasteiger partial charge in [-0.2, -0.15) is 0 Å². The summed E-state index contributed by atoms with van der Waals surface area (Å²) in [6.07, 6.45) is -4.78. The minimum absolute atomic E-state index is 0.102. The number of aryl methyl sites for hydroxylation is 1. The molecule has 1 aromatic heterocycles. The van der Waals surface area contributed by atoms with Crippen molar-refractivity contribution in [2.24, 2.45) is 0 Å². The first kappa shape index (κ1) is 14.1. The van der Waals surface area contributed by atoms with Gasteiger partial charge < -0.3 is 10.5 Å². The molecule has 20 heavy (non-hydrogen) atoms. The summed E-state index contributed by atoms with van der Waals surface area (Å²) in [6.45, 7) is 3.46. The van der Waals surface area contributed by atoms with E-state index < -0.39 is 6.36 Å². The number of nitrogens with two attached hydrogens (primary N) is 1. The van der Waals surface area contributed by atoms with Crippen LogP contribution in [0.5, 0.6) is 5.75 Å². The van der Waals surface area contributed by atoms with E-state index in [0.717, 1.165) is 0 Å². The molecule has 0 saturated heterocycles. The van der Waals surface area contributed by atoms with Crippen LogP contribution in [0, 0.1) is 13.8 Å². The number of anilines is 1. The fraction of sp³-hybridized carbons (Fsp3) is 0.231. The van der Waals surface area contributed by atoms with Crippen LogP contribution in [-0.2, 0) is 0 Å². The van der Waals surface area contributed by atoms with Gasteiger partial charge in [-0.05, 0) is 26.0 Å². The van der Waals surface area contributed by atoms with Crippen molar-refractivity contribution in [3.63, 3.8) is 0 Å². The molecular weight excluding hydrogens is 271 g/mol. The second-order valence-corrected chi connectivity index (χ2v) is 4.19. The number of aromatic nitrogens is 2. The molecule has 0 spiro atoms. The summed E-state index contributed by atoms with van der Waals surface area (Å²) in [5.74, 6) is -0.0255. The molecule has 7 heteroatoms. The van der Waals surface area contributed by atoms with Crippen molar-refractivity contribution in [2.45, 2.75) is 20.2 Å². The SMILES string of the molecule is Cc1nc(-c2ccccc2OC(F)(F)F)nc(N)c1C. The Balaban J connectivity index is 2.53. The molecule has 1 aromatic carbocycles. The lowest BCUT2D eigenvalue weighted by molar-refractivity contribution is -0.274. The van der Waals surface area contributed by atoms with Crippen LogP contribution in [0.1, 0.15) is 11.3 Å². The lowest BCUT2D eigenvalue weighted by Crippen LogP contribution is -2.17. The van der Waals surface area contributed by atoms with Gasteiger partial charge in [-0.25, -0.2) is 9.97 Å². The molecule has 1 heterocycles. The fourth-order valence-electron chi connectivity index (χ4n) is 1.64. The topological polar surface area (TPSA) is 61.0 Å². The molecule has 0 fully saturated rings.